The molecular weight excluding hydrogens is 288 g/mol. The average molecular weight is 312 g/mol. The lowest BCUT2D eigenvalue weighted by atomic mass is 9.99. The number of hydrogen-bond donors (Lipinski definition) is 1. The summed E-state index contributed by atoms with van der Waals surface area (Å²) in [5.41, 5.74) is 0.510. The van der Waals surface area contributed by atoms with Gasteiger partial charge in [0, 0.05) is 36.5 Å². The van der Waals surface area contributed by atoms with Gasteiger partial charge in [-0.1, -0.05) is 0 Å². The van der Waals surface area contributed by atoms with Gasteiger partial charge in [0.2, 0.25) is 0 Å². The van der Waals surface area contributed by atoms with E-state index in [0.29, 0.717) is 19.5 Å². The van der Waals surface area contributed by atoms with Crippen LogP contribution in [0.15, 0.2) is 5.38 Å². The van der Waals surface area contributed by atoms with Crippen molar-refractivity contribution < 1.29 is 14.6 Å². The average Bonchev–Trinajstić information content (AvgIpc) is 2.96. The number of carbonyl (C=O) groups is 1. The fraction of sp³-hybridized carbons (Fsp3) is 0.733. The van der Waals surface area contributed by atoms with Crippen molar-refractivity contribution in [2.45, 2.75) is 52.2 Å². The zero-order valence-electron chi connectivity index (χ0n) is 13.1. The third-order valence-corrected chi connectivity index (χ3v) is 4.46. The molecular formula is C15H24N2O3S. The van der Waals surface area contributed by atoms with Gasteiger partial charge in [-0.2, -0.15) is 0 Å². The van der Waals surface area contributed by atoms with Crippen molar-refractivity contribution in [3.8, 4) is 0 Å². The van der Waals surface area contributed by atoms with Crippen LogP contribution in [0.25, 0.3) is 0 Å². The first-order chi connectivity index (χ1) is 9.74. The highest BCUT2D eigenvalue weighted by Gasteiger charge is 2.33. The summed E-state index contributed by atoms with van der Waals surface area (Å²) in [7, 11) is 0. The van der Waals surface area contributed by atoms with Crippen LogP contribution in [0.1, 0.15) is 37.9 Å². The molecule has 0 aliphatic carbocycles. The zero-order valence-corrected chi connectivity index (χ0v) is 13.9. The van der Waals surface area contributed by atoms with Crippen molar-refractivity contribution >= 4 is 17.4 Å². The Bertz CT molecular complexity index is 495. The molecule has 21 heavy (non-hydrogen) atoms. The number of aromatic nitrogens is 1. The fourth-order valence-electron chi connectivity index (χ4n) is 2.44. The van der Waals surface area contributed by atoms with Gasteiger partial charge >= 0.3 is 6.09 Å². The van der Waals surface area contributed by atoms with Gasteiger partial charge < -0.3 is 14.7 Å². The number of nitrogens with zero attached hydrogens (tertiary/aromatic N) is 2. The van der Waals surface area contributed by atoms with Crippen molar-refractivity contribution in [2.24, 2.45) is 5.92 Å². The van der Waals surface area contributed by atoms with Crippen LogP contribution in [0.4, 0.5) is 4.79 Å². The van der Waals surface area contributed by atoms with E-state index in [1.165, 1.54) is 0 Å². The van der Waals surface area contributed by atoms with Gasteiger partial charge in [0.1, 0.15) is 5.60 Å². The standard InChI is InChI=1S/C15H24N2O3S/c1-10-9-21-13(16-10)7-12(18)11-5-6-17(8-11)14(19)20-15(2,3)4/h9,11-12,18H,5-8H2,1-4H3. The number of aliphatic hydroxyl groups excluding tert-OH is 1. The summed E-state index contributed by atoms with van der Waals surface area (Å²) >= 11 is 1.58. The first-order valence-electron chi connectivity index (χ1n) is 7.31. The monoisotopic (exact) mass is 312 g/mol. The molecule has 1 aromatic heterocycles. The van der Waals surface area contributed by atoms with E-state index in [2.05, 4.69) is 4.98 Å². The molecule has 1 aliphatic heterocycles. The molecule has 2 unspecified atom stereocenters. The second-order valence-electron chi connectivity index (χ2n) is 6.63. The molecule has 0 spiro atoms. The van der Waals surface area contributed by atoms with Crippen LogP contribution in [-0.2, 0) is 11.2 Å². The number of hydrogen-bond acceptors (Lipinski definition) is 5. The Morgan fingerprint density at radius 1 is 1.62 bits per heavy atom. The lowest BCUT2D eigenvalue weighted by molar-refractivity contribution is 0.0269. The molecule has 0 saturated carbocycles. The first-order valence-corrected chi connectivity index (χ1v) is 8.19. The molecule has 0 aromatic carbocycles. The smallest absolute Gasteiger partial charge is 0.410 e. The predicted octanol–water partition coefficient (Wildman–Crippen LogP) is 2.61. The molecule has 1 fully saturated rings. The van der Waals surface area contributed by atoms with Gasteiger partial charge in [0.05, 0.1) is 11.1 Å². The van der Waals surface area contributed by atoms with Crippen molar-refractivity contribution in [3.05, 3.63) is 16.1 Å². The Morgan fingerprint density at radius 2 is 2.33 bits per heavy atom. The highest BCUT2D eigenvalue weighted by atomic mass is 32.1. The number of likely N-dealkylation sites (tertiary alicyclic amines) is 1. The van der Waals surface area contributed by atoms with Crippen LogP contribution in [0.5, 0.6) is 0 Å². The van der Waals surface area contributed by atoms with Gasteiger partial charge in [0.15, 0.2) is 0 Å². The SMILES string of the molecule is Cc1csc(CC(O)C2CCN(C(=O)OC(C)(C)C)C2)n1. The topological polar surface area (TPSA) is 62.7 Å². The zero-order chi connectivity index (χ0) is 15.6. The van der Waals surface area contributed by atoms with E-state index in [1.54, 1.807) is 16.2 Å². The summed E-state index contributed by atoms with van der Waals surface area (Å²) < 4.78 is 5.37. The maximum Gasteiger partial charge on any atom is 0.410 e. The van der Waals surface area contributed by atoms with Crippen LogP contribution < -0.4 is 0 Å². The Kier molecular flexibility index (Phi) is 4.88. The molecule has 5 nitrogen and oxygen atoms in total. The third kappa shape index (κ3) is 4.68. The van der Waals surface area contributed by atoms with E-state index in [-0.39, 0.29) is 12.0 Å². The summed E-state index contributed by atoms with van der Waals surface area (Å²) in [6.45, 7) is 8.73. The van der Waals surface area contributed by atoms with Crippen LogP contribution in [0, 0.1) is 12.8 Å². The second kappa shape index (κ2) is 6.32. The Balaban J connectivity index is 1.85. The van der Waals surface area contributed by atoms with E-state index < -0.39 is 11.7 Å². The van der Waals surface area contributed by atoms with Crippen molar-refractivity contribution in [3.63, 3.8) is 0 Å². The summed E-state index contributed by atoms with van der Waals surface area (Å²) in [6.07, 6.45) is 0.626. The summed E-state index contributed by atoms with van der Waals surface area (Å²) in [4.78, 5) is 18.1. The second-order valence-corrected chi connectivity index (χ2v) is 7.57. The number of ether oxygens (including phenoxy) is 1. The first kappa shape index (κ1) is 16.2. The van der Waals surface area contributed by atoms with Gasteiger partial charge in [-0.05, 0) is 34.1 Å². The van der Waals surface area contributed by atoms with E-state index in [4.69, 9.17) is 4.74 Å². The number of carbonyl (C=O) groups excluding carboxylic acids is 1. The Hall–Kier alpha value is -1.14. The fourth-order valence-corrected chi connectivity index (χ4v) is 3.26. The Morgan fingerprint density at radius 3 is 2.90 bits per heavy atom. The number of aryl methyl sites for hydroxylation is 1. The molecule has 1 amide bonds. The highest BCUT2D eigenvalue weighted by molar-refractivity contribution is 7.09. The van der Waals surface area contributed by atoms with Gasteiger partial charge in [-0.15, -0.1) is 11.3 Å². The van der Waals surface area contributed by atoms with E-state index in [1.807, 2.05) is 33.1 Å². The van der Waals surface area contributed by atoms with Crippen LogP contribution in [-0.4, -0.2) is 45.9 Å². The molecule has 0 radical (unpaired) electrons. The van der Waals surface area contributed by atoms with Gasteiger partial charge in [-0.3, -0.25) is 0 Å². The largest absolute Gasteiger partial charge is 0.444 e. The number of aliphatic hydroxyl groups is 1. The molecule has 118 valence electrons. The van der Waals surface area contributed by atoms with Crippen LogP contribution >= 0.6 is 11.3 Å². The molecule has 2 atom stereocenters. The van der Waals surface area contributed by atoms with E-state index >= 15 is 0 Å². The molecule has 1 N–H and O–H groups in total. The van der Waals surface area contributed by atoms with E-state index in [9.17, 15) is 9.90 Å². The van der Waals surface area contributed by atoms with Crippen molar-refractivity contribution in [1.82, 2.24) is 9.88 Å². The highest BCUT2D eigenvalue weighted by Crippen LogP contribution is 2.24. The van der Waals surface area contributed by atoms with Gasteiger partial charge in [0.25, 0.3) is 0 Å². The Labute approximate surface area is 129 Å². The molecule has 1 saturated heterocycles. The summed E-state index contributed by atoms with van der Waals surface area (Å²) in [5.74, 6) is 0.0988. The number of amides is 1. The van der Waals surface area contributed by atoms with Crippen molar-refractivity contribution in [2.75, 3.05) is 13.1 Å². The molecule has 1 aliphatic rings. The minimum atomic E-state index is -0.480. The molecule has 2 rings (SSSR count). The summed E-state index contributed by atoms with van der Waals surface area (Å²) in [6, 6.07) is 0. The maximum absolute atomic E-state index is 12.0. The predicted molar refractivity (Wildman–Crippen MR) is 82.5 cm³/mol. The van der Waals surface area contributed by atoms with Crippen LogP contribution in [0.3, 0.4) is 0 Å². The quantitative estimate of drug-likeness (QED) is 0.932. The van der Waals surface area contributed by atoms with Crippen molar-refractivity contribution in [1.29, 1.82) is 0 Å². The number of rotatable bonds is 3. The minimum absolute atomic E-state index is 0.0988. The van der Waals surface area contributed by atoms with Crippen LogP contribution in [0.2, 0.25) is 0 Å². The molecule has 2 heterocycles. The molecule has 6 heteroatoms. The third-order valence-electron chi connectivity index (χ3n) is 3.47. The number of thiazole rings is 1. The molecule has 1 aromatic rings. The van der Waals surface area contributed by atoms with Gasteiger partial charge in [-0.25, -0.2) is 9.78 Å². The summed E-state index contributed by atoms with van der Waals surface area (Å²) in [5, 5.41) is 13.3. The lowest BCUT2D eigenvalue weighted by Gasteiger charge is -2.25. The normalized spacial score (nSPS) is 20.6. The minimum Gasteiger partial charge on any atom is -0.444 e. The lowest BCUT2D eigenvalue weighted by Crippen LogP contribution is -2.36. The molecule has 0 bridgehead atoms. The maximum atomic E-state index is 12.0. The van der Waals surface area contributed by atoms with E-state index in [0.717, 1.165) is 17.1 Å².